The van der Waals surface area contributed by atoms with Gasteiger partial charge in [0, 0.05) is 23.7 Å². The molecule has 208 valence electrons. The molecule has 1 aromatic carbocycles. The van der Waals surface area contributed by atoms with Crippen LogP contribution in [0.1, 0.15) is 47.3 Å². The summed E-state index contributed by atoms with van der Waals surface area (Å²) in [6.07, 6.45) is -2.76. The maximum Gasteiger partial charge on any atom is 0.416 e. The van der Waals surface area contributed by atoms with Crippen molar-refractivity contribution in [1.29, 1.82) is 0 Å². The number of carbonyl (C=O) groups excluding carboxylic acids is 2. The zero-order valence-corrected chi connectivity index (χ0v) is 20.9. The summed E-state index contributed by atoms with van der Waals surface area (Å²) in [7, 11) is 0. The molecule has 2 aromatic heterocycles. The molecule has 0 radical (unpaired) electrons. The summed E-state index contributed by atoms with van der Waals surface area (Å²) in [5, 5.41) is 14.1. The van der Waals surface area contributed by atoms with Gasteiger partial charge in [-0.1, -0.05) is 0 Å². The van der Waals surface area contributed by atoms with Gasteiger partial charge in [-0.25, -0.2) is 14.4 Å². The van der Waals surface area contributed by atoms with Gasteiger partial charge in [-0.05, 0) is 50.3 Å². The van der Waals surface area contributed by atoms with Crippen molar-refractivity contribution in [3.05, 3.63) is 41.3 Å². The van der Waals surface area contributed by atoms with Crippen LogP contribution < -0.4 is 15.4 Å². The average molecular weight is 550 g/mol. The molecule has 2 heterocycles. The number of benzene rings is 1. The zero-order chi connectivity index (χ0) is 27.9. The third-order valence-electron chi connectivity index (χ3n) is 7.04. The molecule has 0 spiro atoms. The fourth-order valence-electron chi connectivity index (χ4n) is 4.88. The van der Waals surface area contributed by atoms with Crippen molar-refractivity contribution in [3.63, 3.8) is 0 Å². The lowest BCUT2D eigenvalue weighted by molar-refractivity contribution is -0.137. The number of halogens is 4. The Morgan fingerprint density at radius 2 is 1.95 bits per heavy atom. The number of aliphatic hydroxyl groups is 1. The maximum atomic E-state index is 14.6. The van der Waals surface area contributed by atoms with E-state index in [0.717, 1.165) is 31.3 Å². The molecular formula is C26H27F4N5O4. The number of nitrogens with one attached hydrogen (secondary N) is 3. The molecule has 2 fully saturated rings. The standard InChI is InChI=1S/C26H27F4N5O4/c1-12-21(25(38)35-18-8-15(7-17(18)27)34-20(37)9-36)23-24(33-12)22(31-11-32-23)16-6-14(26(28,29)30)4-5-19(16)39-10-13-2-3-13/h4-6,11,13,15,17-18,33,36H,2-3,7-10H2,1H3,(H,34,37)(H,35,38). The van der Waals surface area contributed by atoms with Gasteiger partial charge in [-0.2, -0.15) is 13.2 Å². The Morgan fingerprint density at radius 1 is 1.18 bits per heavy atom. The Morgan fingerprint density at radius 3 is 2.64 bits per heavy atom. The van der Waals surface area contributed by atoms with E-state index in [4.69, 9.17) is 9.84 Å². The Kier molecular flexibility index (Phi) is 7.19. The van der Waals surface area contributed by atoms with Gasteiger partial charge < -0.3 is 25.5 Å². The van der Waals surface area contributed by atoms with E-state index in [0.29, 0.717) is 18.2 Å². The number of aryl methyl sites for hydroxylation is 1. The molecule has 3 aromatic rings. The highest BCUT2D eigenvalue weighted by molar-refractivity contribution is 6.09. The first-order valence-corrected chi connectivity index (χ1v) is 12.6. The topological polar surface area (TPSA) is 129 Å². The van der Waals surface area contributed by atoms with Crippen LogP contribution in [0.15, 0.2) is 24.5 Å². The quantitative estimate of drug-likeness (QED) is 0.319. The number of nitrogens with zero attached hydrogens (tertiary/aromatic N) is 2. The lowest BCUT2D eigenvalue weighted by atomic mass is 10.0. The van der Waals surface area contributed by atoms with Crippen molar-refractivity contribution in [2.45, 2.75) is 57.0 Å². The summed E-state index contributed by atoms with van der Waals surface area (Å²) in [5.74, 6) is -0.666. The van der Waals surface area contributed by atoms with Crippen LogP contribution >= 0.6 is 0 Å². The average Bonchev–Trinajstić information content (AvgIpc) is 3.57. The smallest absolute Gasteiger partial charge is 0.416 e. The molecule has 2 amide bonds. The van der Waals surface area contributed by atoms with E-state index in [-0.39, 0.29) is 46.4 Å². The molecule has 3 atom stereocenters. The minimum absolute atomic E-state index is 0.0188. The number of aliphatic hydroxyl groups excluding tert-OH is 1. The Balaban J connectivity index is 1.47. The third-order valence-corrected chi connectivity index (χ3v) is 7.04. The number of aromatic nitrogens is 3. The predicted octanol–water partition coefficient (Wildman–Crippen LogP) is 3.45. The van der Waals surface area contributed by atoms with Crippen LogP contribution in [0.5, 0.6) is 5.75 Å². The number of hydrogen-bond donors (Lipinski definition) is 4. The van der Waals surface area contributed by atoms with Crippen LogP contribution in [0.2, 0.25) is 0 Å². The predicted molar refractivity (Wildman–Crippen MR) is 132 cm³/mol. The SMILES string of the molecule is Cc1[nH]c2c(-c3cc(C(F)(F)F)ccc3OCC3CC3)ncnc2c1C(=O)NC1CC(NC(=O)CO)CC1F. The third kappa shape index (κ3) is 5.68. The number of ether oxygens (including phenoxy) is 1. The van der Waals surface area contributed by atoms with Gasteiger partial charge in [0.25, 0.3) is 5.91 Å². The number of alkyl halides is 4. The van der Waals surface area contributed by atoms with E-state index in [2.05, 4.69) is 25.6 Å². The van der Waals surface area contributed by atoms with E-state index in [1.807, 2.05) is 0 Å². The van der Waals surface area contributed by atoms with Crippen LogP contribution in [0.25, 0.3) is 22.3 Å². The van der Waals surface area contributed by atoms with Gasteiger partial charge >= 0.3 is 6.18 Å². The molecule has 39 heavy (non-hydrogen) atoms. The molecule has 4 N–H and O–H groups in total. The van der Waals surface area contributed by atoms with Gasteiger partial charge in [0.15, 0.2) is 0 Å². The molecule has 0 saturated heterocycles. The summed E-state index contributed by atoms with van der Waals surface area (Å²) < 4.78 is 61.2. The van der Waals surface area contributed by atoms with Crippen LogP contribution in [0.3, 0.4) is 0 Å². The van der Waals surface area contributed by atoms with Crippen molar-refractivity contribution < 1.29 is 37.0 Å². The van der Waals surface area contributed by atoms with Crippen molar-refractivity contribution in [2.75, 3.05) is 13.2 Å². The number of fused-ring (bicyclic) bond motifs is 1. The highest BCUT2D eigenvalue weighted by Gasteiger charge is 2.37. The van der Waals surface area contributed by atoms with Crippen LogP contribution in [0, 0.1) is 12.8 Å². The summed E-state index contributed by atoms with van der Waals surface area (Å²) in [6.45, 7) is 1.25. The van der Waals surface area contributed by atoms with Crippen molar-refractivity contribution in [2.24, 2.45) is 5.92 Å². The highest BCUT2D eigenvalue weighted by Crippen LogP contribution is 2.40. The van der Waals surface area contributed by atoms with Crippen LogP contribution in [-0.4, -0.2) is 63.3 Å². The zero-order valence-electron chi connectivity index (χ0n) is 20.9. The summed E-state index contributed by atoms with van der Waals surface area (Å²) in [4.78, 5) is 36.2. The number of amides is 2. The fraction of sp³-hybridized carbons (Fsp3) is 0.462. The second-order valence-corrected chi connectivity index (χ2v) is 10.0. The molecular weight excluding hydrogens is 522 g/mol. The Labute approximate surface area is 220 Å². The minimum atomic E-state index is -4.59. The highest BCUT2D eigenvalue weighted by atomic mass is 19.4. The number of carbonyl (C=O) groups is 2. The van der Waals surface area contributed by atoms with Gasteiger partial charge in [-0.3, -0.25) is 9.59 Å². The van der Waals surface area contributed by atoms with E-state index in [1.54, 1.807) is 6.92 Å². The molecule has 2 aliphatic rings. The molecule has 13 heteroatoms. The van der Waals surface area contributed by atoms with Crippen molar-refractivity contribution >= 4 is 22.8 Å². The second-order valence-electron chi connectivity index (χ2n) is 10.0. The van der Waals surface area contributed by atoms with Gasteiger partial charge in [-0.15, -0.1) is 0 Å². The van der Waals surface area contributed by atoms with Gasteiger partial charge in [0.2, 0.25) is 5.91 Å². The minimum Gasteiger partial charge on any atom is -0.493 e. The second kappa shape index (κ2) is 10.4. The summed E-state index contributed by atoms with van der Waals surface area (Å²) in [6, 6.07) is 1.75. The molecule has 5 rings (SSSR count). The van der Waals surface area contributed by atoms with Crippen molar-refractivity contribution in [1.82, 2.24) is 25.6 Å². The number of rotatable bonds is 8. The molecule has 3 unspecified atom stereocenters. The van der Waals surface area contributed by atoms with Crippen LogP contribution in [-0.2, 0) is 11.0 Å². The molecule has 9 nitrogen and oxygen atoms in total. The van der Waals surface area contributed by atoms with E-state index in [9.17, 15) is 27.2 Å². The number of aromatic amines is 1. The summed E-state index contributed by atoms with van der Waals surface area (Å²) >= 11 is 0. The maximum absolute atomic E-state index is 14.6. The number of H-pyrrole nitrogens is 1. The summed E-state index contributed by atoms with van der Waals surface area (Å²) in [5.41, 5.74) is 0.253. The molecule has 2 aliphatic carbocycles. The molecule has 0 aliphatic heterocycles. The molecule has 2 saturated carbocycles. The van der Waals surface area contributed by atoms with E-state index < -0.39 is 48.4 Å². The first-order valence-electron chi connectivity index (χ1n) is 12.6. The Hall–Kier alpha value is -3.74. The van der Waals surface area contributed by atoms with Crippen LogP contribution in [0.4, 0.5) is 17.6 Å². The van der Waals surface area contributed by atoms with E-state index in [1.165, 1.54) is 6.07 Å². The monoisotopic (exact) mass is 549 g/mol. The Bertz CT molecular complexity index is 1400. The molecule has 0 bridgehead atoms. The van der Waals surface area contributed by atoms with E-state index >= 15 is 0 Å². The fourth-order valence-corrected chi connectivity index (χ4v) is 4.88. The lowest BCUT2D eigenvalue weighted by Crippen LogP contribution is -2.40. The van der Waals surface area contributed by atoms with Crippen molar-refractivity contribution in [3.8, 4) is 17.0 Å². The normalized spacial score (nSPS) is 21.2. The van der Waals surface area contributed by atoms with Gasteiger partial charge in [0.1, 0.15) is 36.1 Å². The number of hydrogen-bond acceptors (Lipinski definition) is 6. The largest absolute Gasteiger partial charge is 0.493 e. The first kappa shape index (κ1) is 26.9. The first-order chi connectivity index (χ1) is 18.5. The van der Waals surface area contributed by atoms with Gasteiger partial charge in [0.05, 0.1) is 29.3 Å². The lowest BCUT2D eigenvalue weighted by Gasteiger charge is -2.15.